The first-order valence-electron chi connectivity index (χ1n) is 10.1. The van der Waals surface area contributed by atoms with Gasteiger partial charge in [-0.25, -0.2) is 4.79 Å². The minimum absolute atomic E-state index is 0.165. The molecule has 0 saturated carbocycles. The molecule has 0 fully saturated rings. The minimum atomic E-state index is -0.500. The van der Waals surface area contributed by atoms with Gasteiger partial charge in [-0.15, -0.1) is 0 Å². The van der Waals surface area contributed by atoms with Crippen molar-refractivity contribution >= 4 is 29.0 Å². The summed E-state index contributed by atoms with van der Waals surface area (Å²) >= 11 is 5.76. The van der Waals surface area contributed by atoms with Crippen LogP contribution in [0, 0.1) is 13.8 Å². The van der Waals surface area contributed by atoms with Crippen molar-refractivity contribution in [2.75, 3.05) is 32.3 Å². The van der Waals surface area contributed by atoms with Gasteiger partial charge in [0, 0.05) is 18.4 Å². The highest BCUT2D eigenvalue weighted by Gasteiger charge is 2.37. The number of nitrogens with one attached hydrogen (secondary N) is 1. The summed E-state index contributed by atoms with van der Waals surface area (Å²) in [6.45, 7) is 6.43. The standard InChI is InChI=1S/C24H28N2O4S/c1-15-10-11-16(2)19(14-15)26-17(3)21(23(27)30-13-12-28-4)22(25-24(26)31)18-8-6-7-9-20(18)29-5/h6-11,14,22H,12-13H2,1-5H3,(H,25,31). The number of methoxy groups -OCH3 is 2. The zero-order valence-corrected chi connectivity index (χ0v) is 19.3. The van der Waals surface area contributed by atoms with Crippen molar-refractivity contribution in [3.8, 4) is 5.75 Å². The molecule has 164 valence electrons. The zero-order valence-electron chi connectivity index (χ0n) is 18.5. The van der Waals surface area contributed by atoms with Gasteiger partial charge in [0.1, 0.15) is 12.4 Å². The summed E-state index contributed by atoms with van der Waals surface area (Å²) < 4.78 is 16.1. The average Bonchev–Trinajstić information content (AvgIpc) is 2.75. The lowest BCUT2D eigenvalue weighted by Crippen LogP contribution is -2.48. The summed E-state index contributed by atoms with van der Waals surface area (Å²) in [5.74, 6) is 0.244. The molecule has 0 saturated heterocycles. The smallest absolute Gasteiger partial charge is 0.338 e. The van der Waals surface area contributed by atoms with E-state index in [0.717, 1.165) is 28.1 Å². The third-order valence-corrected chi connectivity index (χ3v) is 5.58. The van der Waals surface area contributed by atoms with E-state index >= 15 is 0 Å². The fraction of sp³-hybridized carbons (Fsp3) is 0.333. The van der Waals surface area contributed by atoms with Gasteiger partial charge in [0.25, 0.3) is 0 Å². The van der Waals surface area contributed by atoms with Crippen LogP contribution in [0.25, 0.3) is 0 Å². The van der Waals surface area contributed by atoms with Gasteiger partial charge >= 0.3 is 5.97 Å². The van der Waals surface area contributed by atoms with Crippen molar-refractivity contribution in [3.63, 3.8) is 0 Å². The molecular weight excluding hydrogens is 412 g/mol. The Morgan fingerprint density at radius 2 is 1.84 bits per heavy atom. The molecule has 0 aromatic heterocycles. The first-order chi connectivity index (χ1) is 14.9. The van der Waals surface area contributed by atoms with E-state index in [-0.39, 0.29) is 6.61 Å². The van der Waals surface area contributed by atoms with E-state index in [4.69, 9.17) is 26.4 Å². The number of rotatable bonds is 7. The highest BCUT2D eigenvalue weighted by molar-refractivity contribution is 7.80. The van der Waals surface area contributed by atoms with Crippen LogP contribution in [0.5, 0.6) is 5.75 Å². The van der Waals surface area contributed by atoms with Crippen LogP contribution in [-0.4, -0.2) is 38.5 Å². The highest BCUT2D eigenvalue weighted by Crippen LogP contribution is 2.38. The van der Waals surface area contributed by atoms with Crippen molar-refractivity contribution < 1.29 is 19.0 Å². The van der Waals surface area contributed by atoms with Gasteiger partial charge in [-0.2, -0.15) is 0 Å². The van der Waals surface area contributed by atoms with E-state index in [1.807, 2.05) is 56.0 Å². The van der Waals surface area contributed by atoms with Crippen LogP contribution in [0.15, 0.2) is 53.7 Å². The maximum Gasteiger partial charge on any atom is 0.338 e. The number of thiocarbonyl (C=S) groups is 1. The second-order valence-corrected chi connectivity index (χ2v) is 7.76. The Balaban J connectivity index is 2.15. The first kappa shape index (κ1) is 22.8. The monoisotopic (exact) mass is 440 g/mol. The molecule has 0 aliphatic carbocycles. The molecule has 1 atom stereocenters. The molecule has 1 aliphatic heterocycles. The Hall–Kier alpha value is -2.90. The van der Waals surface area contributed by atoms with E-state index in [0.29, 0.717) is 23.0 Å². The summed E-state index contributed by atoms with van der Waals surface area (Å²) in [6, 6.07) is 13.2. The number of allylic oxidation sites excluding steroid dienone is 1. The van der Waals surface area contributed by atoms with Gasteiger partial charge in [-0.3, -0.25) is 4.90 Å². The van der Waals surface area contributed by atoms with Crippen LogP contribution in [0.3, 0.4) is 0 Å². The minimum Gasteiger partial charge on any atom is -0.496 e. The van der Waals surface area contributed by atoms with Crippen molar-refractivity contribution in [1.29, 1.82) is 0 Å². The molecule has 7 heteroatoms. The van der Waals surface area contributed by atoms with Crippen LogP contribution >= 0.6 is 12.2 Å². The van der Waals surface area contributed by atoms with Crippen LogP contribution in [0.2, 0.25) is 0 Å². The molecule has 0 amide bonds. The van der Waals surface area contributed by atoms with Crippen LogP contribution in [-0.2, 0) is 14.3 Å². The second kappa shape index (κ2) is 9.94. The van der Waals surface area contributed by atoms with E-state index in [9.17, 15) is 4.79 Å². The van der Waals surface area contributed by atoms with Crippen molar-refractivity contribution in [1.82, 2.24) is 5.32 Å². The van der Waals surface area contributed by atoms with Crippen molar-refractivity contribution in [2.45, 2.75) is 26.8 Å². The zero-order chi connectivity index (χ0) is 22.5. The summed E-state index contributed by atoms with van der Waals surface area (Å²) in [5, 5.41) is 3.85. The van der Waals surface area contributed by atoms with Crippen LogP contribution < -0.4 is 15.0 Å². The average molecular weight is 441 g/mol. The Bertz CT molecular complexity index is 1020. The molecule has 1 aliphatic rings. The van der Waals surface area contributed by atoms with Crippen LogP contribution in [0.1, 0.15) is 29.7 Å². The fourth-order valence-corrected chi connectivity index (χ4v) is 4.04. The van der Waals surface area contributed by atoms with Gasteiger partial charge in [0.2, 0.25) is 0 Å². The summed E-state index contributed by atoms with van der Waals surface area (Å²) in [6.07, 6.45) is 0. The Labute approximate surface area is 188 Å². The van der Waals surface area contributed by atoms with Gasteiger partial charge < -0.3 is 19.5 Å². The molecule has 2 aromatic carbocycles. The number of benzene rings is 2. The largest absolute Gasteiger partial charge is 0.496 e. The topological polar surface area (TPSA) is 60.0 Å². The molecule has 6 nitrogen and oxygen atoms in total. The second-order valence-electron chi connectivity index (χ2n) is 7.38. The van der Waals surface area contributed by atoms with Crippen molar-refractivity contribution in [3.05, 3.63) is 70.4 Å². The number of hydrogen-bond donors (Lipinski definition) is 1. The van der Waals surface area contributed by atoms with Crippen LogP contribution in [0.4, 0.5) is 5.69 Å². The number of ether oxygens (including phenoxy) is 3. The number of anilines is 1. The first-order valence-corrected chi connectivity index (χ1v) is 10.5. The molecule has 31 heavy (non-hydrogen) atoms. The third kappa shape index (κ3) is 4.73. The lowest BCUT2D eigenvalue weighted by atomic mass is 9.93. The number of hydrogen-bond acceptors (Lipinski definition) is 5. The SMILES string of the molecule is COCCOC(=O)C1=C(C)N(c2cc(C)ccc2C)C(=S)NC1c1ccccc1OC. The van der Waals surface area contributed by atoms with Gasteiger partial charge in [-0.05, 0) is 56.2 Å². The molecule has 2 aromatic rings. The molecule has 1 unspecified atom stereocenters. The highest BCUT2D eigenvalue weighted by atomic mass is 32.1. The summed E-state index contributed by atoms with van der Waals surface area (Å²) in [4.78, 5) is 15.1. The predicted octanol–water partition coefficient (Wildman–Crippen LogP) is 4.21. The molecule has 3 rings (SSSR count). The maximum absolute atomic E-state index is 13.2. The Morgan fingerprint density at radius 3 is 2.55 bits per heavy atom. The van der Waals surface area contributed by atoms with E-state index in [1.165, 1.54) is 0 Å². The predicted molar refractivity (Wildman–Crippen MR) is 125 cm³/mol. The van der Waals surface area contributed by atoms with E-state index in [2.05, 4.69) is 17.4 Å². The lowest BCUT2D eigenvalue weighted by Gasteiger charge is -2.38. The summed E-state index contributed by atoms with van der Waals surface area (Å²) in [7, 11) is 3.17. The number of carbonyl (C=O) groups excluding carboxylic acids is 1. The molecule has 0 radical (unpaired) electrons. The number of para-hydroxylation sites is 1. The van der Waals surface area contributed by atoms with Gasteiger partial charge in [0.15, 0.2) is 5.11 Å². The number of carbonyl (C=O) groups is 1. The maximum atomic E-state index is 13.2. The Kier molecular flexibility index (Phi) is 7.30. The Morgan fingerprint density at radius 1 is 1.10 bits per heavy atom. The fourth-order valence-electron chi connectivity index (χ4n) is 3.69. The lowest BCUT2D eigenvalue weighted by molar-refractivity contribution is -0.140. The molecule has 0 bridgehead atoms. The van der Waals surface area contributed by atoms with Crippen molar-refractivity contribution in [2.24, 2.45) is 0 Å². The van der Waals surface area contributed by atoms with Gasteiger partial charge in [0.05, 0.1) is 31.0 Å². The van der Waals surface area contributed by atoms with E-state index < -0.39 is 12.0 Å². The molecule has 0 spiro atoms. The molecular formula is C24H28N2O4S. The molecule has 1 N–H and O–H groups in total. The number of esters is 1. The quantitative estimate of drug-likeness (QED) is 0.393. The van der Waals surface area contributed by atoms with E-state index in [1.54, 1.807) is 14.2 Å². The normalized spacial score (nSPS) is 16.2. The summed E-state index contributed by atoms with van der Waals surface area (Å²) in [5.41, 5.74) is 5.09. The number of nitrogens with zero attached hydrogens (tertiary/aromatic N) is 1. The molecule has 1 heterocycles. The number of aryl methyl sites for hydroxylation is 2. The third-order valence-electron chi connectivity index (χ3n) is 5.28. The van der Waals surface area contributed by atoms with Gasteiger partial charge in [-0.1, -0.05) is 30.3 Å².